The third kappa shape index (κ3) is 5.61. The molecule has 0 heterocycles. The number of phenolic OH excluding ortho intramolecular Hbond substituents is 1. The van der Waals surface area contributed by atoms with E-state index >= 15 is 0 Å². The molecule has 0 radical (unpaired) electrons. The standard InChI is InChI=1S/C24H24N2O9S/c1-32-21-14-19(25-36(30,31)18-9-7-17(8-10-18)26(28)29)16(13-20(21)27)6-5-15-11-22(33-2)24(35-4)23(12-15)34-3/h5-14,25,27H,1-4H3. The van der Waals surface area contributed by atoms with Crippen molar-refractivity contribution in [2.45, 2.75) is 4.90 Å². The third-order valence-corrected chi connectivity index (χ3v) is 6.48. The normalized spacial score (nSPS) is 11.2. The number of hydrogen-bond acceptors (Lipinski definition) is 9. The summed E-state index contributed by atoms with van der Waals surface area (Å²) in [5.41, 5.74) is 0.817. The maximum Gasteiger partial charge on any atom is 0.269 e. The van der Waals surface area contributed by atoms with Gasteiger partial charge in [-0.15, -0.1) is 0 Å². The number of sulfonamides is 1. The molecule has 0 bridgehead atoms. The highest BCUT2D eigenvalue weighted by atomic mass is 32.2. The van der Waals surface area contributed by atoms with Crippen molar-refractivity contribution in [3.05, 3.63) is 69.8 Å². The van der Waals surface area contributed by atoms with E-state index in [4.69, 9.17) is 18.9 Å². The molecule has 190 valence electrons. The molecule has 11 nitrogen and oxygen atoms in total. The Morgan fingerprint density at radius 2 is 1.44 bits per heavy atom. The molecule has 3 rings (SSSR count). The van der Waals surface area contributed by atoms with E-state index in [9.17, 15) is 23.6 Å². The summed E-state index contributed by atoms with van der Waals surface area (Å²) in [7, 11) is 1.65. The number of methoxy groups -OCH3 is 4. The van der Waals surface area contributed by atoms with E-state index in [2.05, 4.69) is 4.72 Å². The number of benzene rings is 3. The number of phenols is 1. The van der Waals surface area contributed by atoms with Crippen molar-refractivity contribution in [1.29, 1.82) is 0 Å². The van der Waals surface area contributed by atoms with E-state index in [0.29, 0.717) is 28.4 Å². The van der Waals surface area contributed by atoms with Crippen LogP contribution in [0.15, 0.2) is 53.4 Å². The number of nitrogens with zero attached hydrogens (tertiary/aromatic N) is 1. The minimum Gasteiger partial charge on any atom is -0.504 e. The minimum absolute atomic E-state index is 0.0429. The highest BCUT2D eigenvalue weighted by Crippen LogP contribution is 2.39. The summed E-state index contributed by atoms with van der Waals surface area (Å²) in [5.74, 6) is 1.10. The Bertz CT molecular complexity index is 1380. The molecule has 36 heavy (non-hydrogen) atoms. The lowest BCUT2D eigenvalue weighted by atomic mass is 10.1. The number of hydrogen-bond donors (Lipinski definition) is 2. The van der Waals surface area contributed by atoms with Gasteiger partial charge in [-0.3, -0.25) is 14.8 Å². The summed E-state index contributed by atoms with van der Waals surface area (Å²) in [6.07, 6.45) is 3.24. The first-order valence-corrected chi connectivity index (χ1v) is 11.8. The van der Waals surface area contributed by atoms with Gasteiger partial charge in [-0.1, -0.05) is 12.2 Å². The molecular formula is C24H24N2O9S. The fourth-order valence-corrected chi connectivity index (χ4v) is 4.39. The second-order valence-electron chi connectivity index (χ2n) is 7.26. The predicted molar refractivity (Wildman–Crippen MR) is 134 cm³/mol. The van der Waals surface area contributed by atoms with Crippen LogP contribution in [-0.2, 0) is 10.0 Å². The number of rotatable bonds is 10. The van der Waals surface area contributed by atoms with E-state index in [0.717, 1.165) is 24.3 Å². The van der Waals surface area contributed by atoms with Crippen LogP contribution in [-0.4, -0.2) is 46.9 Å². The molecule has 12 heteroatoms. The SMILES string of the molecule is COc1cc(NS(=O)(=O)c2ccc([N+](=O)[O-])cc2)c(C=Cc2cc(OC)c(OC)c(OC)c2)cc1O. The van der Waals surface area contributed by atoms with Crippen molar-refractivity contribution in [2.24, 2.45) is 0 Å². The molecule has 0 saturated carbocycles. The molecule has 0 atom stereocenters. The van der Waals surface area contributed by atoms with Gasteiger partial charge in [-0.2, -0.15) is 0 Å². The molecule has 0 fully saturated rings. The zero-order valence-corrected chi connectivity index (χ0v) is 20.7. The molecule has 0 aliphatic heterocycles. The zero-order valence-electron chi connectivity index (χ0n) is 19.8. The number of aromatic hydroxyl groups is 1. The van der Waals surface area contributed by atoms with Crippen molar-refractivity contribution in [3.8, 4) is 28.7 Å². The summed E-state index contributed by atoms with van der Waals surface area (Å²) < 4.78 is 49.5. The van der Waals surface area contributed by atoms with Gasteiger partial charge >= 0.3 is 0 Å². The largest absolute Gasteiger partial charge is 0.504 e. The Morgan fingerprint density at radius 3 is 1.94 bits per heavy atom. The molecule has 3 aromatic carbocycles. The Hall–Kier alpha value is -4.45. The second-order valence-corrected chi connectivity index (χ2v) is 8.94. The van der Waals surface area contributed by atoms with E-state index in [1.165, 1.54) is 40.6 Å². The topological polar surface area (TPSA) is 146 Å². The van der Waals surface area contributed by atoms with Crippen LogP contribution in [0, 0.1) is 10.1 Å². The molecule has 2 N–H and O–H groups in total. The minimum atomic E-state index is -4.13. The lowest BCUT2D eigenvalue weighted by molar-refractivity contribution is -0.384. The zero-order chi connectivity index (χ0) is 26.5. The number of anilines is 1. The van der Waals surface area contributed by atoms with Gasteiger partial charge in [0.2, 0.25) is 5.75 Å². The predicted octanol–water partition coefficient (Wildman–Crippen LogP) is 4.31. The van der Waals surface area contributed by atoms with Crippen molar-refractivity contribution >= 4 is 33.6 Å². The van der Waals surface area contributed by atoms with Crippen LogP contribution in [0.2, 0.25) is 0 Å². The first kappa shape index (κ1) is 26.2. The second kappa shape index (κ2) is 10.9. The van der Waals surface area contributed by atoms with Crippen molar-refractivity contribution in [1.82, 2.24) is 0 Å². The molecule has 0 saturated heterocycles. The Labute approximate surface area is 207 Å². The van der Waals surface area contributed by atoms with Gasteiger partial charge in [0.1, 0.15) is 0 Å². The molecule has 0 aliphatic rings. The Kier molecular flexibility index (Phi) is 7.90. The maximum absolute atomic E-state index is 13.0. The van der Waals surface area contributed by atoms with Gasteiger partial charge in [0, 0.05) is 23.8 Å². The van der Waals surface area contributed by atoms with Gasteiger partial charge in [0.15, 0.2) is 23.0 Å². The monoisotopic (exact) mass is 516 g/mol. The highest BCUT2D eigenvalue weighted by Gasteiger charge is 2.19. The summed E-state index contributed by atoms with van der Waals surface area (Å²) in [4.78, 5) is 10.1. The molecular weight excluding hydrogens is 492 g/mol. The molecule has 0 aliphatic carbocycles. The number of nitrogens with one attached hydrogen (secondary N) is 1. The lowest BCUT2D eigenvalue weighted by Crippen LogP contribution is -2.14. The van der Waals surface area contributed by atoms with Gasteiger partial charge < -0.3 is 24.1 Å². The van der Waals surface area contributed by atoms with E-state index in [1.807, 2.05) is 0 Å². The van der Waals surface area contributed by atoms with Crippen LogP contribution in [0.4, 0.5) is 11.4 Å². The van der Waals surface area contributed by atoms with E-state index in [1.54, 1.807) is 24.3 Å². The summed E-state index contributed by atoms with van der Waals surface area (Å²) in [6, 6.07) is 10.5. The van der Waals surface area contributed by atoms with Crippen LogP contribution in [0.5, 0.6) is 28.7 Å². The van der Waals surface area contributed by atoms with Crippen molar-refractivity contribution in [3.63, 3.8) is 0 Å². The van der Waals surface area contributed by atoms with Gasteiger partial charge in [0.05, 0.1) is 43.9 Å². The van der Waals surface area contributed by atoms with E-state index < -0.39 is 14.9 Å². The number of ether oxygens (including phenoxy) is 4. The Balaban J connectivity index is 2.03. The average molecular weight is 517 g/mol. The van der Waals surface area contributed by atoms with Crippen LogP contribution >= 0.6 is 0 Å². The number of nitro benzene ring substituents is 1. The fourth-order valence-electron chi connectivity index (χ4n) is 3.31. The molecule has 3 aromatic rings. The summed E-state index contributed by atoms with van der Waals surface area (Å²) >= 11 is 0. The van der Waals surface area contributed by atoms with E-state index in [-0.39, 0.29) is 27.8 Å². The number of nitro groups is 1. The smallest absolute Gasteiger partial charge is 0.269 e. The van der Waals surface area contributed by atoms with Crippen LogP contribution in [0.1, 0.15) is 11.1 Å². The first-order valence-electron chi connectivity index (χ1n) is 10.3. The van der Waals surface area contributed by atoms with Crippen LogP contribution in [0.3, 0.4) is 0 Å². The molecule has 0 amide bonds. The van der Waals surface area contributed by atoms with Crippen LogP contribution < -0.4 is 23.7 Å². The Morgan fingerprint density at radius 1 is 0.861 bits per heavy atom. The highest BCUT2D eigenvalue weighted by molar-refractivity contribution is 7.92. The quantitative estimate of drug-likeness (QED) is 0.174. The molecule has 0 unspecified atom stereocenters. The summed E-state index contributed by atoms with van der Waals surface area (Å²) in [6.45, 7) is 0. The molecule has 0 spiro atoms. The van der Waals surface area contributed by atoms with Gasteiger partial charge in [-0.25, -0.2) is 8.42 Å². The fraction of sp³-hybridized carbons (Fsp3) is 0.167. The first-order chi connectivity index (χ1) is 17.1. The van der Waals surface area contributed by atoms with Gasteiger partial charge in [0.25, 0.3) is 15.7 Å². The lowest BCUT2D eigenvalue weighted by Gasteiger charge is -2.14. The summed E-state index contributed by atoms with van der Waals surface area (Å²) in [5, 5.41) is 21.2. The maximum atomic E-state index is 13.0. The van der Waals surface area contributed by atoms with Crippen molar-refractivity contribution < 1.29 is 37.4 Å². The van der Waals surface area contributed by atoms with Crippen LogP contribution in [0.25, 0.3) is 12.2 Å². The third-order valence-electron chi connectivity index (χ3n) is 5.10. The molecule has 0 aromatic heterocycles. The van der Waals surface area contributed by atoms with Gasteiger partial charge in [-0.05, 0) is 35.9 Å². The number of non-ortho nitro benzene ring substituents is 1. The van der Waals surface area contributed by atoms with Crippen molar-refractivity contribution in [2.75, 3.05) is 33.2 Å². The average Bonchev–Trinajstić information content (AvgIpc) is 2.87.